The van der Waals surface area contributed by atoms with Crippen molar-refractivity contribution in [3.63, 3.8) is 0 Å². The monoisotopic (exact) mass is 874 g/mol. The molecule has 2 heterocycles. The van der Waals surface area contributed by atoms with E-state index in [1.165, 1.54) is 42.7 Å². The van der Waals surface area contributed by atoms with Crippen LogP contribution < -0.4 is 39.1 Å². The number of esters is 2. The van der Waals surface area contributed by atoms with E-state index in [-0.39, 0.29) is 22.9 Å². The first-order valence-electron chi connectivity index (χ1n) is 18.0. The largest absolute Gasteiger partial charge is 0.493 e. The van der Waals surface area contributed by atoms with E-state index >= 15 is 0 Å². The zero-order chi connectivity index (χ0) is 41.8. The molecule has 0 saturated carbocycles. The van der Waals surface area contributed by atoms with Crippen molar-refractivity contribution in [2.24, 2.45) is 0 Å². The molecule has 2 aliphatic rings. The maximum atomic E-state index is 13.9. The lowest BCUT2D eigenvalue weighted by atomic mass is 9.86. The summed E-state index contributed by atoms with van der Waals surface area (Å²) in [6, 6.07) is 13.9. The summed E-state index contributed by atoms with van der Waals surface area (Å²) in [4.78, 5) is 27.8. The van der Waals surface area contributed by atoms with E-state index in [1.54, 1.807) is 48.5 Å². The van der Waals surface area contributed by atoms with Gasteiger partial charge in [-0.25, -0.2) is 9.59 Å². The second-order valence-electron chi connectivity index (χ2n) is 13.5. The zero-order valence-corrected chi connectivity index (χ0v) is 35.6. The molecule has 0 saturated heterocycles. The number of fused-ring (bicyclic) bond motifs is 2. The van der Waals surface area contributed by atoms with Crippen LogP contribution in [0.2, 0.25) is 20.1 Å². The maximum absolute atomic E-state index is 13.9. The lowest BCUT2D eigenvalue weighted by Gasteiger charge is -2.40. The summed E-state index contributed by atoms with van der Waals surface area (Å²) in [5, 5.41) is 8.03. The summed E-state index contributed by atoms with van der Waals surface area (Å²) in [5.74, 6) is 0.748. The van der Waals surface area contributed by atoms with Crippen LogP contribution in [0.25, 0.3) is 0 Å². The minimum Gasteiger partial charge on any atom is -0.493 e. The van der Waals surface area contributed by atoms with E-state index in [9.17, 15) is 9.59 Å². The van der Waals surface area contributed by atoms with Crippen molar-refractivity contribution in [2.45, 2.75) is 37.1 Å². The molecule has 0 fully saturated rings. The van der Waals surface area contributed by atoms with Gasteiger partial charge < -0.3 is 37.9 Å². The predicted molar refractivity (Wildman–Crippen MR) is 221 cm³/mol. The van der Waals surface area contributed by atoms with Gasteiger partial charge in [0.25, 0.3) is 0 Å². The second kappa shape index (κ2) is 18.1. The summed E-state index contributed by atoms with van der Waals surface area (Å²) in [7, 11) is 9.06. The molecule has 2 unspecified atom stereocenters. The molecule has 0 spiro atoms. The van der Waals surface area contributed by atoms with Crippen molar-refractivity contribution in [3.05, 3.63) is 114 Å². The van der Waals surface area contributed by atoms with Crippen molar-refractivity contribution in [3.8, 4) is 34.5 Å². The van der Waals surface area contributed by atoms with Gasteiger partial charge in [-0.15, -0.1) is 0 Å². The molecule has 4 aromatic carbocycles. The third-order valence-corrected chi connectivity index (χ3v) is 11.5. The lowest BCUT2D eigenvalue weighted by molar-refractivity contribution is -0.163. The highest BCUT2D eigenvalue weighted by atomic mass is 35.5. The molecule has 6 rings (SSSR count). The highest BCUT2D eigenvalue weighted by Crippen LogP contribution is 2.44. The van der Waals surface area contributed by atoms with Gasteiger partial charge in [-0.2, -0.15) is 0 Å². The van der Waals surface area contributed by atoms with Gasteiger partial charge in [0.15, 0.2) is 34.4 Å². The Labute approximate surface area is 356 Å². The van der Waals surface area contributed by atoms with Crippen LogP contribution in [0.1, 0.15) is 33.4 Å². The Kier molecular flexibility index (Phi) is 13.5. The number of halogens is 4. The molecule has 16 heteroatoms. The Morgan fingerprint density at radius 2 is 0.862 bits per heavy atom. The van der Waals surface area contributed by atoms with Crippen LogP contribution in [0, 0.1) is 0 Å². The normalized spacial score (nSPS) is 18.4. The number of carbonyl (C=O) groups is 2. The van der Waals surface area contributed by atoms with E-state index < -0.39 is 23.4 Å². The molecule has 0 amide bonds. The number of methoxy groups -OCH3 is 6. The third kappa shape index (κ3) is 8.73. The Morgan fingerprint density at radius 3 is 1.17 bits per heavy atom. The molecule has 12 nitrogen and oxygen atoms in total. The van der Waals surface area contributed by atoms with E-state index in [0.29, 0.717) is 92.7 Å². The molecule has 2 aliphatic heterocycles. The Bertz CT molecular complexity index is 2050. The standard InChI is InChI=1S/C42H42Cl4N2O10/c1-51-33-13-23(14-34(52-2)39(33)55-5)21-41(27-19-31(45)29(43)17-25(27)9-11-47-41)57-37(49)7-8-38(50)58-42(28-20-32(46)30(44)18-26(28)10-12-48-42)22-24-15-35(53-3)40(56-6)36(16-24)54-4/h7-8,13-20,47-48H,9-12,21-22H2,1-6H3/b8-7+. The quantitative estimate of drug-likeness (QED) is 0.0948. The van der Waals surface area contributed by atoms with Crippen LogP contribution in [-0.4, -0.2) is 67.7 Å². The van der Waals surface area contributed by atoms with Gasteiger partial charge in [-0.05, 0) is 83.6 Å². The molecule has 58 heavy (non-hydrogen) atoms. The molecule has 4 aromatic rings. The SMILES string of the molecule is COc1cc(CC2(OC(=O)/C=C/C(=O)OC3(Cc4cc(OC)c(OC)c(OC)c4)NCCc4cc(Cl)c(Cl)cc43)NCCc3cc(Cl)c(Cl)cc32)cc(OC)c1OC. The van der Waals surface area contributed by atoms with Crippen molar-refractivity contribution >= 4 is 58.3 Å². The van der Waals surface area contributed by atoms with Gasteiger partial charge in [0.2, 0.25) is 11.5 Å². The number of hydrogen-bond donors (Lipinski definition) is 2. The Hall–Kier alpha value is -4.56. The van der Waals surface area contributed by atoms with Crippen molar-refractivity contribution in [1.29, 1.82) is 0 Å². The summed E-state index contributed by atoms with van der Waals surface area (Å²) >= 11 is 25.9. The number of benzene rings is 4. The van der Waals surface area contributed by atoms with Crippen LogP contribution in [0.5, 0.6) is 34.5 Å². The molecule has 308 valence electrons. The topological polar surface area (TPSA) is 132 Å². The minimum absolute atomic E-state index is 0.0978. The van der Waals surface area contributed by atoms with Gasteiger partial charge >= 0.3 is 11.9 Å². The molecule has 2 N–H and O–H groups in total. The van der Waals surface area contributed by atoms with Crippen molar-refractivity contribution < 1.29 is 47.5 Å². The van der Waals surface area contributed by atoms with Gasteiger partial charge in [0, 0.05) is 49.2 Å². The lowest BCUT2D eigenvalue weighted by Crippen LogP contribution is -2.52. The van der Waals surface area contributed by atoms with E-state index in [1.807, 2.05) is 0 Å². The second-order valence-corrected chi connectivity index (χ2v) is 15.1. The summed E-state index contributed by atoms with van der Waals surface area (Å²) < 4.78 is 46.0. The van der Waals surface area contributed by atoms with Crippen molar-refractivity contribution in [2.75, 3.05) is 55.7 Å². The highest BCUT2D eigenvalue weighted by Gasteiger charge is 2.43. The molecule has 2 atom stereocenters. The molecule has 0 radical (unpaired) electrons. The van der Waals surface area contributed by atoms with Gasteiger partial charge in [-0.3, -0.25) is 10.6 Å². The van der Waals surface area contributed by atoms with E-state index in [2.05, 4.69) is 10.6 Å². The number of nitrogens with one attached hydrogen (secondary N) is 2. The fourth-order valence-electron chi connectivity index (χ4n) is 7.50. The molecular weight excluding hydrogens is 834 g/mol. The Balaban J connectivity index is 1.35. The summed E-state index contributed by atoms with van der Waals surface area (Å²) in [6.45, 7) is 0.852. The van der Waals surface area contributed by atoms with Gasteiger partial charge in [0.05, 0.1) is 62.7 Å². The van der Waals surface area contributed by atoms with Crippen LogP contribution in [0.15, 0.2) is 60.7 Å². The van der Waals surface area contributed by atoms with Crippen LogP contribution in [0.3, 0.4) is 0 Å². The minimum atomic E-state index is -1.47. The first-order valence-corrected chi connectivity index (χ1v) is 19.5. The average molecular weight is 877 g/mol. The summed E-state index contributed by atoms with van der Waals surface area (Å²) in [6.07, 6.45) is 3.39. The molecular formula is C42H42Cl4N2O10. The highest BCUT2D eigenvalue weighted by molar-refractivity contribution is 6.42. The Morgan fingerprint density at radius 1 is 0.534 bits per heavy atom. The number of rotatable bonds is 14. The fourth-order valence-corrected chi connectivity index (χ4v) is 8.20. The summed E-state index contributed by atoms with van der Waals surface area (Å²) in [5.41, 5.74) is 1.25. The number of carbonyl (C=O) groups excluding carboxylic acids is 2. The average Bonchev–Trinajstić information content (AvgIpc) is 3.20. The number of hydrogen-bond acceptors (Lipinski definition) is 12. The first-order chi connectivity index (χ1) is 27.8. The zero-order valence-electron chi connectivity index (χ0n) is 32.6. The van der Waals surface area contributed by atoms with Gasteiger partial charge in [0.1, 0.15) is 0 Å². The van der Waals surface area contributed by atoms with Crippen molar-refractivity contribution in [1.82, 2.24) is 10.6 Å². The number of ether oxygens (including phenoxy) is 8. The smallest absolute Gasteiger partial charge is 0.333 e. The van der Waals surface area contributed by atoms with Crippen LogP contribution >= 0.6 is 46.4 Å². The molecule has 0 aliphatic carbocycles. The van der Waals surface area contributed by atoms with Gasteiger partial charge in [-0.1, -0.05) is 46.4 Å². The first kappa shape index (κ1) is 43.0. The molecule has 0 aromatic heterocycles. The van der Waals surface area contributed by atoms with E-state index in [0.717, 1.165) is 23.3 Å². The van der Waals surface area contributed by atoms with E-state index in [4.69, 9.17) is 84.3 Å². The predicted octanol–water partition coefficient (Wildman–Crippen LogP) is 7.78. The van der Waals surface area contributed by atoms with Crippen LogP contribution in [0.4, 0.5) is 0 Å². The molecule has 0 bridgehead atoms. The third-order valence-electron chi connectivity index (χ3n) is 10.0. The van der Waals surface area contributed by atoms with Crippen LogP contribution in [-0.2, 0) is 56.2 Å². The maximum Gasteiger partial charge on any atom is 0.333 e. The fraction of sp³-hybridized carbons (Fsp3) is 0.333.